The molecular formula is C13H12FNO2. The molecule has 0 radical (unpaired) electrons. The predicted molar refractivity (Wildman–Crippen MR) is 62.0 cm³/mol. The fraction of sp³-hybridized carbons (Fsp3) is 0.154. The van der Waals surface area contributed by atoms with E-state index in [9.17, 15) is 4.39 Å². The van der Waals surface area contributed by atoms with Crippen molar-refractivity contribution in [2.75, 3.05) is 7.11 Å². The average Bonchev–Trinajstić information content (AvgIpc) is 2.34. The summed E-state index contributed by atoms with van der Waals surface area (Å²) in [6.07, 6.45) is 1.56. The monoisotopic (exact) mass is 233 g/mol. The fourth-order valence-corrected chi connectivity index (χ4v) is 1.35. The van der Waals surface area contributed by atoms with E-state index < -0.39 is 5.82 Å². The predicted octanol–water partition coefficient (Wildman–Crippen LogP) is 3.33. The molecule has 17 heavy (non-hydrogen) atoms. The molecule has 0 aliphatic carbocycles. The van der Waals surface area contributed by atoms with Crippen molar-refractivity contribution < 1.29 is 13.9 Å². The standard InChI is InChI=1S/C13H12FNO2/c1-9-7-12(14)13(15-8-9)17-11-5-3-10(16-2)4-6-11/h3-8H,1-2H3. The van der Waals surface area contributed by atoms with Crippen LogP contribution < -0.4 is 9.47 Å². The van der Waals surface area contributed by atoms with E-state index in [1.54, 1.807) is 44.5 Å². The smallest absolute Gasteiger partial charge is 0.255 e. The molecule has 0 fully saturated rings. The van der Waals surface area contributed by atoms with Crippen molar-refractivity contribution in [2.45, 2.75) is 6.92 Å². The lowest BCUT2D eigenvalue weighted by molar-refractivity contribution is 0.407. The van der Waals surface area contributed by atoms with E-state index in [-0.39, 0.29) is 5.88 Å². The van der Waals surface area contributed by atoms with Crippen molar-refractivity contribution in [1.29, 1.82) is 0 Å². The normalized spacial score (nSPS) is 10.1. The Bertz CT molecular complexity index is 511. The van der Waals surface area contributed by atoms with E-state index in [4.69, 9.17) is 9.47 Å². The minimum atomic E-state index is -0.471. The van der Waals surface area contributed by atoms with Crippen LogP contribution in [0, 0.1) is 12.7 Å². The quantitative estimate of drug-likeness (QED) is 0.814. The Kier molecular flexibility index (Phi) is 3.23. The Labute approximate surface area is 98.8 Å². The molecule has 0 saturated carbocycles. The second-order valence-corrected chi connectivity index (χ2v) is 3.58. The van der Waals surface area contributed by atoms with E-state index in [1.165, 1.54) is 6.07 Å². The van der Waals surface area contributed by atoms with Gasteiger partial charge in [-0.15, -0.1) is 0 Å². The minimum Gasteiger partial charge on any atom is -0.497 e. The molecule has 1 aromatic heterocycles. The SMILES string of the molecule is COc1ccc(Oc2ncc(C)cc2F)cc1. The van der Waals surface area contributed by atoms with Crippen molar-refractivity contribution in [3.8, 4) is 17.4 Å². The van der Waals surface area contributed by atoms with Crippen LogP contribution in [0.1, 0.15) is 5.56 Å². The molecule has 0 aliphatic rings. The number of methoxy groups -OCH3 is 1. The fourth-order valence-electron chi connectivity index (χ4n) is 1.35. The number of ether oxygens (including phenoxy) is 2. The summed E-state index contributed by atoms with van der Waals surface area (Å²) >= 11 is 0. The second kappa shape index (κ2) is 4.82. The van der Waals surface area contributed by atoms with Gasteiger partial charge in [-0.05, 0) is 42.8 Å². The summed E-state index contributed by atoms with van der Waals surface area (Å²) in [6.45, 7) is 1.77. The van der Waals surface area contributed by atoms with Gasteiger partial charge in [-0.1, -0.05) is 0 Å². The maximum absolute atomic E-state index is 13.5. The summed E-state index contributed by atoms with van der Waals surface area (Å²) in [5.74, 6) is 0.734. The van der Waals surface area contributed by atoms with Gasteiger partial charge in [0.15, 0.2) is 5.82 Å². The number of aryl methyl sites for hydroxylation is 1. The summed E-state index contributed by atoms with van der Waals surface area (Å²) in [4.78, 5) is 3.89. The van der Waals surface area contributed by atoms with Crippen LogP contribution in [0.15, 0.2) is 36.5 Å². The van der Waals surface area contributed by atoms with Gasteiger partial charge in [0.2, 0.25) is 0 Å². The Morgan fingerprint density at radius 1 is 1.12 bits per heavy atom. The van der Waals surface area contributed by atoms with E-state index in [0.29, 0.717) is 5.75 Å². The first-order valence-corrected chi connectivity index (χ1v) is 5.13. The zero-order valence-electron chi connectivity index (χ0n) is 9.61. The number of hydrogen-bond acceptors (Lipinski definition) is 3. The van der Waals surface area contributed by atoms with Gasteiger partial charge in [0.05, 0.1) is 7.11 Å². The van der Waals surface area contributed by atoms with Crippen molar-refractivity contribution in [3.05, 3.63) is 47.9 Å². The molecule has 0 atom stereocenters. The molecule has 1 aromatic carbocycles. The van der Waals surface area contributed by atoms with Gasteiger partial charge in [-0.25, -0.2) is 9.37 Å². The van der Waals surface area contributed by atoms with E-state index in [0.717, 1.165) is 11.3 Å². The van der Waals surface area contributed by atoms with Gasteiger partial charge in [0.25, 0.3) is 5.88 Å². The molecule has 0 saturated heterocycles. The third kappa shape index (κ3) is 2.72. The molecule has 0 bridgehead atoms. The van der Waals surface area contributed by atoms with Gasteiger partial charge in [-0.2, -0.15) is 0 Å². The van der Waals surface area contributed by atoms with Crippen molar-refractivity contribution in [1.82, 2.24) is 4.98 Å². The van der Waals surface area contributed by atoms with Crippen LogP contribution in [0.5, 0.6) is 17.4 Å². The van der Waals surface area contributed by atoms with Crippen LogP contribution in [0.3, 0.4) is 0 Å². The topological polar surface area (TPSA) is 31.4 Å². The lowest BCUT2D eigenvalue weighted by Crippen LogP contribution is -1.92. The summed E-state index contributed by atoms with van der Waals surface area (Å²) in [5.41, 5.74) is 0.754. The highest BCUT2D eigenvalue weighted by Crippen LogP contribution is 2.24. The van der Waals surface area contributed by atoms with Gasteiger partial charge in [0.1, 0.15) is 11.5 Å². The Balaban J connectivity index is 2.19. The van der Waals surface area contributed by atoms with Crippen LogP contribution in [0.25, 0.3) is 0 Å². The number of hydrogen-bond donors (Lipinski definition) is 0. The molecule has 0 aliphatic heterocycles. The minimum absolute atomic E-state index is 0.0271. The van der Waals surface area contributed by atoms with Gasteiger partial charge in [0, 0.05) is 6.20 Å². The van der Waals surface area contributed by atoms with Crippen molar-refractivity contribution in [3.63, 3.8) is 0 Å². The first kappa shape index (κ1) is 11.4. The number of pyridine rings is 1. The van der Waals surface area contributed by atoms with E-state index >= 15 is 0 Å². The molecule has 2 rings (SSSR count). The first-order chi connectivity index (χ1) is 8.19. The largest absolute Gasteiger partial charge is 0.497 e. The van der Waals surface area contributed by atoms with Gasteiger partial charge >= 0.3 is 0 Å². The summed E-state index contributed by atoms with van der Waals surface area (Å²) in [5, 5.41) is 0. The Morgan fingerprint density at radius 2 is 1.76 bits per heavy atom. The van der Waals surface area contributed by atoms with Crippen molar-refractivity contribution in [2.24, 2.45) is 0 Å². The van der Waals surface area contributed by atoms with E-state index in [1.807, 2.05) is 0 Å². The number of halogens is 1. The van der Waals surface area contributed by atoms with Gasteiger partial charge in [-0.3, -0.25) is 0 Å². The Hall–Kier alpha value is -2.10. The van der Waals surface area contributed by atoms with Crippen LogP contribution in [0.4, 0.5) is 4.39 Å². The van der Waals surface area contributed by atoms with Crippen LogP contribution in [0.2, 0.25) is 0 Å². The molecule has 1 heterocycles. The summed E-state index contributed by atoms with van der Waals surface area (Å²) in [7, 11) is 1.58. The third-order valence-electron chi connectivity index (χ3n) is 2.22. The maximum Gasteiger partial charge on any atom is 0.255 e. The highest BCUT2D eigenvalue weighted by molar-refractivity contribution is 5.34. The second-order valence-electron chi connectivity index (χ2n) is 3.58. The zero-order chi connectivity index (χ0) is 12.3. The van der Waals surface area contributed by atoms with Crippen LogP contribution >= 0.6 is 0 Å². The van der Waals surface area contributed by atoms with Crippen LogP contribution in [-0.4, -0.2) is 12.1 Å². The highest BCUT2D eigenvalue weighted by Gasteiger charge is 2.06. The maximum atomic E-state index is 13.5. The van der Waals surface area contributed by atoms with Crippen LogP contribution in [-0.2, 0) is 0 Å². The molecule has 0 spiro atoms. The molecule has 2 aromatic rings. The molecule has 0 amide bonds. The van der Waals surface area contributed by atoms with E-state index in [2.05, 4.69) is 4.98 Å². The first-order valence-electron chi connectivity index (χ1n) is 5.13. The molecule has 0 unspecified atom stereocenters. The Morgan fingerprint density at radius 3 is 2.35 bits per heavy atom. The number of nitrogens with zero attached hydrogens (tertiary/aromatic N) is 1. The summed E-state index contributed by atoms with van der Waals surface area (Å²) in [6, 6.07) is 8.24. The lowest BCUT2D eigenvalue weighted by atomic mass is 10.3. The van der Waals surface area contributed by atoms with Gasteiger partial charge < -0.3 is 9.47 Å². The van der Waals surface area contributed by atoms with Crippen molar-refractivity contribution >= 4 is 0 Å². The average molecular weight is 233 g/mol. The summed E-state index contributed by atoms with van der Waals surface area (Å²) < 4.78 is 23.8. The molecular weight excluding hydrogens is 221 g/mol. The highest BCUT2D eigenvalue weighted by atomic mass is 19.1. The molecule has 3 nitrogen and oxygen atoms in total. The number of aromatic nitrogens is 1. The molecule has 0 N–H and O–H groups in total. The number of rotatable bonds is 3. The number of benzene rings is 1. The zero-order valence-corrected chi connectivity index (χ0v) is 9.61. The molecule has 88 valence electrons. The third-order valence-corrected chi connectivity index (χ3v) is 2.22. The lowest BCUT2D eigenvalue weighted by Gasteiger charge is -2.06. The molecule has 4 heteroatoms.